The van der Waals surface area contributed by atoms with E-state index in [1.165, 1.54) is 4.90 Å². The van der Waals surface area contributed by atoms with E-state index < -0.39 is 11.9 Å². The molecule has 2 bridgehead atoms. The van der Waals surface area contributed by atoms with Crippen LogP contribution in [0.2, 0.25) is 0 Å². The standard InChI is InChI=1S/C28H28N2O5/c1-15-8-16(2)10-21(9-15)29-14-19(12-23(29)31)28(34)35-22-5-3-4-20(13-22)30-26(32)24-17-6-7-18(11-17)25(24)27(30)33/h3-5,8-10,13,17-19,24-25H,6-7,11-12,14H2,1-2H3/t17-,18-,19+,24-,25+/m0/s1. The average Bonchev–Trinajstić information content (AvgIpc) is 3.57. The number of amides is 3. The molecule has 4 aliphatic rings. The zero-order valence-electron chi connectivity index (χ0n) is 19.9. The molecule has 7 heteroatoms. The number of aryl methyl sites for hydroxylation is 2. The number of hydrogen-bond acceptors (Lipinski definition) is 5. The van der Waals surface area contributed by atoms with Gasteiger partial charge in [-0.05, 0) is 80.3 Å². The smallest absolute Gasteiger partial charge is 0.316 e. The van der Waals surface area contributed by atoms with Gasteiger partial charge in [0.05, 0.1) is 23.4 Å². The van der Waals surface area contributed by atoms with Crippen LogP contribution in [0.5, 0.6) is 5.75 Å². The zero-order valence-corrected chi connectivity index (χ0v) is 19.9. The highest BCUT2D eigenvalue weighted by Crippen LogP contribution is 2.56. The lowest BCUT2D eigenvalue weighted by Crippen LogP contribution is -2.32. The Balaban J connectivity index is 1.17. The molecule has 3 amide bonds. The lowest BCUT2D eigenvalue weighted by molar-refractivity contribution is -0.139. The highest BCUT2D eigenvalue weighted by atomic mass is 16.5. The second-order valence-electron chi connectivity index (χ2n) is 10.6. The van der Waals surface area contributed by atoms with Crippen molar-refractivity contribution in [2.24, 2.45) is 29.6 Å². The molecule has 0 N–H and O–H groups in total. The topological polar surface area (TPSA) is 84.0 Å². The number of fused-ring (bicyclic) bond motifs is 5. The molecule has 0 spiro atoms. The first kappa shape index (κ1) is 22.0. The van der Waals surface area contributed by atoms with Crippen molar-refractivity contribution in [2.45, 2.75) is 39.5 Å². The SMILES string of the molecule is Cc1cc(C)cc(N2C[C@H](C(=O)Oc3cccc(N4C(=O)[C@@H]5[C@H]6CC[C@@H](C6)[C@@H]5C4=O)c3)CC2=O)c1. The molecule has 2 saturated carbocycles. The fourth-order valence-corrected chi connectivity index (χ4v) is 6.77. The van der Waals surface area contributed by atoms with E-state index in [0.717, 1.165) is 36.1 Å². The van der Waals surface area contributed by atoms with Crippen molar-refractivity contribution in [1.82, 2.24) is 0 Å². The van der Waals surface area contributed by atoms with Gasteiger partial charge in [-0.15, -0.1) is 0 Å². The van der Waals surface area contributed by atoms with Crippen molar-refractivity contribution in [2.75, 3.05) is 16.3 Å². The fourth-order valence-electron chi connectivity index (χ4n) is 6.77. The van der Waals surface area contributed by atoms with Gasteiger partial charge in [-0.25, -0.2) is 4.90 Å². The van der Waals surface area contributed by atoms with Crippen molar-refractivity contribution >= 4 is 35.1 Å². The van der Waals surface area contributed by atoms with Crippen LogP contribution in [0.1, 0.15) is 36.8 Å². The highest BCUT2D eigenvalue weighted by Gasteiger charge is 2.61. The monoisotopic (exact) mass is 472 g/mol. The third kappa shape index (κ3) is 3.56. The molecule has 0 unspecified atom stereocenters. The number of nitrogens with zero attached hydrogens (tertiary/aromatic N) is 2. The summed E-state index contributed by atoms with van der Waals surface area (Å²) in [6.45, 7) is 4.21. The van der Waals surface area contributed by atoms with Crippen molar-refractivity contribution in [3.05, 3.63) is 53.6 Å². The quantitative estimate of drug-likeness (QED) is 0.384. The van der Waals surface area contributed by atoms with E-state index in [2.05, 4.69) is 0 Å². The average molecular weight is 473 g/mol. The number of hydrogen-bond donors (Lipinski definition) is 0. The summed E-state index contributed by atoms with van der Waals surface area (Å²) in [5, 5.41) is 0. The van der Waals surface area contributed by atoms with E-state index in [1.807, 2.05) is 32.0 Å². The molecule has 2 saturated heterocycles. The highest BCUT2D eigenvalue weighted by molar-refractivity contribution is 6.22. The molecule has 2 aromatic carbocycles. The van der Waals surface area contributed by atoms with Crippen molar-refractivity contribution in [1.29, 1.82) is 0 Å². The van der Waals surface area contributed by atoms with Gasteiger partial charge in [0.15, 0.2) is 0 Å². The van der Waals surface area contributed by atoms with E-state index in [4.69, 9.17) is 4.74 Å². The van der Waals surface area contributed by atoms with Crippen molar-refractivity contribution < 1.29 is 23.9 Å². The number of anilines is 2. The first-order chi connectivity index (χ1) is 16.8. The van der Waals surface area contributed by atoms with Crippen LogP contribution in [0.25, 0.3) is 0 Å². The van der Waals surface area contributed by atoms with Gasteiger partial charge >= 0.3 is 5.97 Å². The van der Waals surface area contributed by atoms with Crippen LogP contribution < -0.4 is 14.5 Å². The Bertz CT molecular complexity index is 1220. The van der Waals surface area contributed by atoms with Crippen molar-refractivity contribution in [3.8, 4) is 5.75 Å². The minimum Gasteiger partial charge on any atom is -0.426 e. The summed E-state index contributed by atoms with van der Waals surface area (Å²) in [7, 11) is 0. The number of ether oxygens (including phenoxy) is 1. The van der Waals surface area contributed by atoms with E-state index in [0.29, 0.717) is 17.5 Å². The van der Waals surface area contributed by atoms with Gasteiger partial charge in [0.25, 0.3) is 0 Å². The van der Waals surface area contributed by atoms with Gasteiger partial charge in [0, 0.05) is 24.7 Å². The van der Waals surface area contributed by atoms with Gasteiger partial charge in [-0.1, -0.05) is 12.1 Å². The molecule has 2 aromatic rings. The lowest BCUT2D eigenvalue weighted by atomic mass is 9.81. The van der Waals surface area contributed by atoms with Crippen LogP contribution in [0, 0.1) is 43.4 Å². The minimum atomic E-state index is -0.586. The van der Waals surface area contributed by atoms with Crippen LogP contribution >= 0.6 is 0 Å². The molecule has 180 valence electrons. The van der Waals surface area contributed by atoms with Gasteiger partial charge < -0.3 is 9.64 Å². The molecule has 7 nitrogen and oxygen atoms in total. The van der Waals surface area contributed by atoms with E-state index >= 15 is 0 Å². The second kappa shape index (κ2) is 8.04. The van der Waals surface area contributed by atoms with Gasteiger partial charge in [-0.3, -0.25) is 19.2 Å². The first-order valence-corrected chi connectivity index (χ1v) is 12.4. The normalized spacial score (nSPS) is 29.3. The first-order valence-electron chi connectivity index (χ1n) is 12.4. The number of imide groups is 1. The third-order valence-electron chi connectivity index (χ3n) is 8.20. The van der Waals surface area contributed by atoms with Gasteiger partial charge in [-0.2, -0.15) is 0 Å². The van der Waals surface area contributed by atoms with E-state index in [-0.39, 0.29) is 48.3 Å². The summed E-state index contributed by atoms with van der Waals surface area (Å²) >= 11 is 0. The molecule has 2 heterocycles. The van der Waals surface area contributed by atoms with Gasteiger partial charge in [0.1, 0.15) is 5.75 Å². The molecular weight excluding hydrogens is 444 g/mol. The maximum atomic E-state index is 13.1. The number of carbonyl (C=O) groups is 4. The Morgan fingerprint density at radius 3 is 2.20 bits per heavy atom. The Morgan fingerprint density at radius 1 is 0.886 bits per heavy atom. The summed E-state index contributed by atoms with van der Waals surface area (Å²) in [6, 6.07) is 12.5. The third-order valence-corrected chi connectivity index (χ3v) is 8.20. The summed E-state index contributed by atoms with van der Waals surface area (Å²) in [6.07, 6.45) is 3.11. The summed E-state index contributed by atoms with van der Waals surface area (Å²) in [5.41, 5.74) is 3.34. The number of carbonyl (C=O) groups excluding carboxylic acids is 4. The molecule has 0 aromatic heterocycles. The maximum Gasteiger partial charge on any atom is 0.316 e. The van der Waals surface area contributed by atoms with Gasteiger partial charge in [0.2, 0.25) is 17.7 Å². The Morgan fingerprint density at radius 2 is 1.54 bits per heavy atom. The zero-order chi connectivity index (χ0) is 24.4. The number of benzene rings is 2. The predicted octanol–water partition coefficient (Wildman–Crippen LogP) is 3.80. The summed E-state index contributed by atoms with van der Waals surface area (Å²) in [5.74, 6) is -0.942. The fraction of sp³-hybridized carbons (Fsp3) is 0.429. The summed E-state index contributed by atoms with van der Waals surface area (Å²) in [4.78, 5) is 54.8. The maximum absolute atomic E-state index is 13.1. The molecule has 0 radical (unpaired) electrons. The summed E-state index contributed by atoms with van der Waals surface area (Å²) < 4.78 is 5.63. The van der Waals surface area contributed by atoms with Crippen LogP contribution in [-0.4, -0.2) is 30.2 Å². The number of rotatable bonds is 4. The molecule has 6 rings (SSSR count). The Hall–Kier alpha value is -3.48. The molecular formula is C28H28N2O5. The van der Waals surface area contributed by atoms with E-state index in [9.17, 15) is 19.2 Å². The van der Waals surface area contributed by atoms with Crippen LogP contribution in [0.15, 0.2) is 42.5 Å². The largest absolute Gasteiger partial charge is 0.426 e. The van der Waals surface area contributed by atoms with Crippen LogP contribution in [0.3, 0.4) is 0 Å². The number of esters is 1. The molecule has 5 atom stereocenters. The molecule has 2 aliphatic carbocycles. The lowest BCUT2D eigenvalue weighted by Gasteiger charge is -2.19. The minimum absolute atomic E-state index is 0.0841. The molecule has 4 fully saturated rings. The van der Waals surface area contributed by atoms with Crippen molar-refractivity contribution in [3.63, 3.8) is 0 Å². The Labute approximate surface area is 204 Å². The molecule has 35 heavy (non-hydrogen) atoms. The molecule has 2 aliphatic heterocycles. The van der Waals surface area contributed by atoms with Crippen LogP contribution in [0.4, 0.5) is 11.4 Å². The van der Waals surface area contributed by atoms with E-state index in [1.54, 1.807) is 29.2 Å². The van der Waals surface area contributed by atoms with Crippen LogP contribution in [-0.2, 0) is 19.2 Å². The Kier molecular flexibility index (Phi) is 5.06. The second-order valence-corrected chi connectivity index (χ2v) is 10.6. The predicted molar refractivity (Wildman–Crippen MR) is 129 cm³/mol.